The van der Waals surface area contributed by atoms with Crippen molar-refractivity contribution in [1.29, 1.82) is 0 Å². The smallest absolute Gasteiger partial charge is 0.356 e. The molecule has 2 aliphatic rings. The number of hydrogen-bond acceptors (Lipinski definition) is 5. The first-order valence-electron chi connectivity index (χ1n) is 15.9. The number of nitrogens with zero attached hydrogens (tertiary/aromatic N) is 1. The summed E-state index contributed by atoms with van der Waals surface area (Å²) >= 11 is 0. The lowest BCUT2D eigenvalue weighted by Crippen LogP contribution is -2.81. The standard InChI is InChI=1S/C40H33N2O5PS/c43-27-41-36-37(44)42-34(38(45)47-35(28-16-6-1-7-17-28)29-18-8-2-9-19-29)33(26-48)39(30-20-10-3-11-21-30,31-22-12-4-13-23-31)49(46)40(36,42)32-24-14-5-15-25-32/h1-25,27,35-36H,26,48H2,(H,41,43)/t36-,40-,49+/m1/s1. The van der Waals surface area contributed by atoms with Gasteiger partial charge in [-0.1, -0.05) is 152 Å². The van der Waals surface area contributed by atoms with Crippen molar-refractivity contribution in [3.8, 4) is 0 Å². The van der Waals surface area contributed by atoms with E-state index in [1.54, 1.807) is 24.3 Å². The molecular weight excluding hydrogens is 651 g/mol. The van der Waals surface area contributed by atoms with Crippen LogP contribution >= 0.6 is 9.24 Å². The van der Waals surface area contributed by atoms with Crippen LogP contribution in [-0.4, -0.2) is 39.6 Å². The number of ether oxygens (including phenoxy) is 1. The van der Waals surface area contributed by atoms with E-state index in [1.807, 2.05) is 127 Å². The van der Waals surface area contributed by atoms with E-state index in [4.69, 9.17) is 4.74 Å². The highest BCUT2D eigenvalue weighted by atomic mass is 32.2. The summed E-state index contributed by atoms with van der Waals surface area (Å²) in [6.07, 6.45) is -0.181. The van der Waals surface area contributed by atoms with Crippen LogP contribution in [0.2, 0.25) is 0 Å². The highest BCUT2D eigenvalue weighted by molar-refractivity contribution is 7.87. The molecule has 49 heavy (non-hydrogen) atoms. The minimum atomic E-state index is -2.04. The van der Waals surface area contributed by atoms with Gasteiger partial charge in [0.25, 0.3) is 5.91 Å². The van der Waals surface area contributed by atoms with Crippen molar-refractivity contribution in [3.63, 3.8) is 0 Å². The van der Waals surface area contributed by atoms with Gasteiger partial charge in [0.2, 0.25) is 6.41 Å². The van der Waals surface area contributed by atoms with E-state index in [0.717, 1.165) is 11.1 Å². The molecule has 244 valence electrons. The van der Waals surface area contributed by atoms with E-state index in [1.165, 1.54) is 4.90 Å². The summed E-state index contributed by atoms with van der Waals surface area (Å²) < 4.78 is 21.1. The number of esters is 1. The fourth-order valence-electron chi connectivity index (χ4n) is 7.25. The van der Waals surface area contributed by atoms with Gasteiger partial charge in [0, 0.05) is 0 Å². The average Bonchev–Trinajstić information content (AvgIpc) is 3.17. The van der Waals surface area contributed by atoms with E-state index in [-0.39, 0.29) is 11.9 Å². The summed E-state index contributed by atoms with van der Waals surface area (Å²) in [6, 6.07) is 45.3. The molecule has 7 rings (SSSR count). The van der Waals surface area contributed by atoms with E-state index in [2.05, 4.69) is 14.6 Å². The lowest BCUT2D eigenvalue weighted by molar-refractivity contribution is -0.161. The Morgan fingerprint density at radius 2 is 1.18 bits per heavy atom. The zero-order chi connectivity index (χ0) is 34.0. The van der Waals surface area contributed by atoms with Gasteiger partial charge in [-0.15, -0.1) is 9.24 Å². The highest BCUT2D eigenvalue weighted by Gasteiger charge is 2.74. The minimum absolute atomic E-state index is 0.00281. The van der Waals surface area contributed by atoms with Crippen LogP contribution < -0.4 is 5.32 Å². The zero-order valence-corrected chi connectivity index (χ0v) is 28.3. The minimum Gasteiger partial charge on any atom is -0.448 e. The molecule has 1 fully saturated rings. The van der Waals surface area contributed by atoms with E-state index in [9.17, 15) is 9.59 Å². The number of amides is 2. The summed E-state index contributed by atoms with van der Waals surface area (Å²) in [7, 11) is 0.651. The van der Waals surface area contributed by atoms with E-state index >= 15 is 9.00 Å². The summed E-state index contributed by atoms with van der Waals surface area (Å²) in [4.78, 5) is 41.2. The molecule has 5 aromatic carbocycles. The Labute approximate surface area is 289 Å². The van der Waals surface area contributed by atoms with Crippen LogP contribution in [0.1, 0.15) is 33.9 Å². The molecule has 5 aromatic rings. The second-order valence-corrected chi connectivity index (χ2v) is 14.0. The Balaban J connectivity index is 1.56. The number of nitrogens with one attached hydrogen (secondary N) is 1. The maximum Gasteiger partial charge on any atom is 0.356 e. The lowest BCUT2D eigenvalue weighted by atomic mass is 9.79. The third-order valence-corrected chi connectivity index (χ3v) is 12.2. The van der Waals surface area contributed by atoms with Gasteiger partial charge in [0.1, 0.15) is 16.5 Å². The van der Waals surface area contributed by atoms with Crippen LogP contribution in [0.15, 0.2) is 163 Å². The molecule has 7 nitrogen and oxygen atoms in total. The summed E-state index contributed by atoms with van der Waals surface area (Å²) in [5.74, 6) is -1.31. The number of carbonyl (C=O) groups excluding carboxylic acids is 3. The van der Waals surface area contributed by atoms with Crippen molar-refractivity contribution in [2.75, 3.05) is 6.16 Å². The second-order valence-electron chi connectivity index (χ2n) is 11.8. The van der Waals surface area contributed by atoms with Crippen LogP contribution in [0.3, 0.4) is 0 Å². The summed E-state index contributed by atoms with van der Waals surface area (Å²) in [5.41, 5.74) is 3.79. The quantitative estimate of drug-likeness (QED) is 0.0848. The van der Waals surface area contributed by atoms with Gasteiger partial charge in [-0.2, -0.15) is 0 Å². The third-order valence-electron chi connectivity index (χ3n) is 9.30. The maximum absolute atomic E-state index is 16.0. The Kier molecular flexibility index (Phi) is 8.84. The number of β-lactam (4-membered cyclic amide) rings is 1. The van der Waals surface area contributed by atoms with Gasteiger partial charge < -0.3 is 10.1 Å². The Morgan fingerprint density at radius 1 is 0.755 bits per heavy atom. The van der Waals surface area contributed by atoms with Crippen molar-refractivity contribution in [2.24, 2.45) is 0 Å². The number of hydrogen-bond donors (Lipinski definition) is 1. The zero-order valence-electron chi connectivity index (χ0n) is 26.3. The second kappa shape index (κ2) is 13.4. The van der Waals surface area contributed by atoms with Gasteiger partial charge in [-0.05, 0) is 39.6 Å². The van der Waals surface area contributed by atoms with Crippen LogP contribution in [0.4, 0.5) is 0 Å². The molecule has 1 unspecified atom stereocenters. The number of fused-ring (bicyclic) bond motifs is 1. The molecule has 9 heteroatoms. The predicted octanol–water partition coefficient (Wildman–Crippen LogP) is 5.96. The van der Waals surface area contributed by atoms with Crippen molar-refractivity contribution in [3.05, 3.63) is 191 Å². The molecule has 1 N–H and O–H groups in total. The van der Waals surface area contributed by atoms with Crippen molar-refractivity contribution in [1.82, 2.24) is 10.2 Å². The largest absolute Gasteiger partial charge is 0.448 e. The summed E-state index contributed by atoms with van der Waals surface area (Å²) in [5, 5.41) is 2.68. The Bertz CT molecular complexity index is 1970. The predicted molar refractivity (Wildman–Crippen MR) is 192 cm³/mol. The van der Waals surface area contributed by atoms with Gasteiger partial charge in [0.05, 0.1) is 10.8 Å². The highest BCUT2D eigenvalue weighted by Crippen LogP contribution is 2.61. The van der Waals surface area contributed by atoms with Gasteiger partial charge in [0.15, 0.2) is 11.0 Å². The van der Waals surface area contributed by atoms with Crippen molar-refractivity contribution < 1.29 is 23.3 Å². The molecule has 0 aromatic heterocycles. The van der Waals surface area contributed by atoms with Gasteiger partial charge in [-0.3, -0.25) is 18.7 Å². The van der Waals surface area contributed by atoms with E-state index < -0.39 is 44.4 Å². The Morgan fingerprint density at radius 3 is 1.61 bits per heavy atom. The first-order chi connectivity index (χ1) is 24.0. The molecule has 2 amide bonds. The SMILES string of the molecule is O=CN[C@@H]1C(=O)N2C(C(=O)OC(c3ccccc3)c3ccccc3)=C(CP)C(c3ccccc3)(c3ccccc3)[S@](=O)[C@]12c1ccccc1. The summed E-state index contributed by atoms with van der Waals surface area (Å²) in [6.45, 7) is 0. The Hall–Kier alpha value is -5.17. The van der Waals surface area contributed by atoms with Crippen molar-refractivity contribution >= 4 is 38.3 Å². The molecule has 2 heterocycles. The lowest BCUT2D eigenvalue weighted by Gasteiger charge is -2.62. The van der Waals surface area contributed by atoms with Crippen molar-refractivity contribution in [2.45, 2.75) is 21.8 Å². The van der Waals surface area contributed by atoms with Gasteiger partial charge in [-0.25, -0.2) is 4.79 Å². The first-order valence-corrected chi connectivity index (χ1v) is 17.8. The molecule has 4 atom stereocenters. The molecule has 0 aliphatic carbocycles. The number of benzene rings is 5. The molecule has 0 radical (unpaired) electrons. The van der Waals surface area contributed by atoms with Crippen LogP contribution in [0.25, 0.3) is 0 Å². The first kappa shape index (κ1) is 32.4. The topological polar surface area (TPSA) is 92.8 Å². The van der Waals surface area contributed by atoms with E-state index in [0.29, 0.717) is 28.7 Å². The molecule has 0 bridgehead atoms. The normalized spacial score (nSPS) is 21.0. The monoisotopic (exact) mass is 684 g/mol. The number of carbonyl (C=O) groups is 3. The molecule has 1 saturated heterocycles. The average molecular weight is 685 g/mol. The van der Waals surface area contributed by atoms with Gasteiger partial charge >= 0.3 is 5.97 Å². The molecule has 0 spiro atoms. The fourth-order valence-corrected chi connectivity index (χ4v) is 10.5. The molecule has 2 aliphatic heterocycles. The number of rotatable bonds is 10. The molecular formula is C40H33N2O5PS. The fraction of sp³-hybridized carbons (Fsp3) is 0.125. The van der Waals surface area contributed by atoms with Crippen LogP contribution in [-0.2, 0) is 39.5 Å². The maximum atomic E-state index is 16.0. The molecule has 0 saturated carbocycles. The van der Waals surface area contributed by atoms with Crippen LogP contribution in [0.5, 0.6) is 0 Å². The third kappa shape index (κ3) is 4.97. The van der Waals surface area contributed by atoms with Crippen LogP contribution in [0, 0.1) is 0 Å².